The van der Waals surface area contributed by atoms with Gasteiger partial charge in [-0.25, -0.2) is 0 Å². The Morgan fingerprint density at radius 3 is 0.944 bits per heavy atom. The van der Waals surface area contributed by atoms with Gasteiger partial charge in [0.25, 0.3) is 0 Å². The summed E-state index contributed by atoms with van der Waals surface area (Å²) in [6.07, 6.45) is 0. The van der Waals surface area contributed by atoms with E-state index in [9.17, 15) is 0 Å². The fourth-order valence-electron chi connectivity index (χ4n) is 9.73. The minimum atomic E-state index is -0.0616. The Morgan fingerprint density at radius 1 is 0.352 bits per heavy atom. The largest absolute Gasteiger partial charge is 4.00 e. The van der Waals surface area contributed by atoms with Gasteiger partial charge in [0, 0.05) is 56.4 Å². The molecule has 0 atom stereocenters. The molecule has 5 nitrogen and oxygen atoms in total. The topological polar surface area (TPSA) is 36.8 Å². The van der Waals surface area contributed by atoms with Gasteiger partial charge >= 0.3 is 21.1 Å². The maximum Gasteiger partial charge on any atom is 4.00 e. The minimum Gasteiger partial charge on any atom is -0.512 e. The van der Waals surface area contributed by atoms with E-state index in [0.717, 1.165) is 67.8 Å². The molecule has 71 heavy (non-hydrogen) atoms. The van der Waals surface area contributed by atoms with Crippen LogP contribution in [0.5, 0.6) is 0 Å². The third-order valence-corrected chi connectivity index (χ3v) is 13.4. The molecule has 9 aromatic rings. The van der Waals surface area contributed by atoms with Crippen LogP contribution in [0, 0.1) is 31.2 Å². The SMILES string of the molecule is CC(C)(C)c1ccc2c(c1)N(c1[c-]c(N3[CH-]N(c4c(-c5ccccc5)cccc4-c4ccccc4)c4ccc(C(C)(C)C)cc43)ccc1)[CH-]N2c1c(-c2ccccc2)cccc1-c1ccccc1.[C-]#N.[Pt+4]. The van der Waals surface area contributed by atoms with Gasteiger partial charge in [0.1, 0.15) is 0 Å². The van der Waals surface area contributed by atoms with Crippen LogP contribution in [0.15, 0.2) is 212 Å². The predicted molar refractivity (Wildman–Crippen MR) is 292 cm³/mol. The van der Waals surface area contributed by atoms with Crippen molar-refractivity contribution in [3.8, 4) is 44.5 Å². The van der Waals surface area contributed by atoms with Crippen molar-refractivity contribution in [3.63, 3.8) is 0 Å². The number of anilines is 8. The number of fused-ring (bicyclic) bond motifs is 2. The third kappa shape index (κ3) is 9.29. The second kappa shape index (κ2) is 20.0. The monoisotopic (exact) mass is 1100 g/mol. The Labute approximate surface area is 435 Å². The normalized spacial score (nSPS) is 13.0. The van der Waals surface area contributed by atoms with E-state index in [1.807, 2.05) is 0 Å². The van der Waals surface area contributed by atoms with E-state index in [1.54, 1.807) is 0 Å². The van der Waals surface area contributed by atoms with E-state index < -0.39 is 0 Å². The Morgan fingerprint density at radius 2 is 0.648 bits per heavy atom. The van der Waals surface area contributed by atoms with Gasteiger partial charge in [-0.3, -0.25) is 0 Å². The average Bonchev–Trinajstić information content (AvgIpc) is 3.98. The Bertz CT molecular complexity index is 2990. The van der Waals surface area contributed by atoms with E-state index in [2.05, 4.69) is 293 Å². The van der Waals surface area contributed by atoms with E-state index >= 15 is 0 Å². The van der Waals surface area contributed by atoms with Crippen LogP contribution < -0.4 is 19.6 Å². The zero-order chi connectivity index (χ0) is 48.6. The molecule has 0 aromatic heterocycles. The van der Waals surface area contributed by atoms with Crippen LogP contribution in [0.25, 0.3) is 44.5 Å². The third-order valence-electron chi connectivity index (χ3n) is 13.4. The first-order valence-electron chi connectivity index (χ1n) is 23.9. The second-order valence-corrected chi connectivity index (χ2v) is 19.9. The van der Waals surface area contributed by atoms with E-state index in [-0.39, 0.29) is 31.9 Å². The maximum atomic E-state index is 6.25. The zero-order valence-electron chi connectivity index (χ0n) is 40.9. The van der Waals surface area contributed by atoms with Crippen molar-refractivity contribution in [2.24, 2.45) is 0 Å². The van der Waals surface area contributed by atoms with Crippen molar-refractivity contribution in [1.82, 2.24) is 0 Å². The molecule has 0 saturated carbocycles. The van der Waals surface area contributed by atoms with Gasteiger partial charge in [-0.15, -0.1) is 42.9 Å². The van der Waals surface area contributed by atoms with Crippen molar-refractivity contribution in [2.45, 2.75) is 52.4 Å². The summed E-state index contributed by atoms with van der Waals surface area (Å²) in [6, 6.07) is 80.9. The molecule has 2 aliphatic rings. The quantitative estimate of drug-likeness (QED) is 0.142. The number of para-hydroxylation sites is 2. The molecule has 350 valence electrons. The Kier molecular flexibility index (Phi) is 13.6. The van der Waals surface area contributed by atoms with Crippen LogP contribution in [0.4, 0.5) is 45.5 Å². The van der Waals surface area contributed by atoms with E-state index in [4.69, 9.17) is 11.8 Å². The molecule has 6 heteroatoms. The molecule has 0 saturated heterocycles. The van der Waals surface area contributed by atoms with Crippen LogP contribution in [0.1, 0.15) is 52.7 Å². The van der Waals surface area contributed by atoms with E-state index in [0.29, 0.717) is 0 Å². The number of hydrogen-bond acceptors (Lipinski definition) is 5. The number of nitrogens with zero attached hydrogens (tertiary/aromatic N) is 5. The number of benzene rings is 9. The summed E-state index contributed by atoms with van der Waals surface area (Å²) in [5.41, 5.74) is 20.3. The molecule has 0 spiro atoms. The van der Waals surface area contributed by atoms with Crippen molar-refractivity contribution in [3.05, 3.63) is 249 Å². The van der Waals surface area contributed by atoms with Gasteiger partial charge < -0.3 is 31.4 Å². The van der Waals surface area contributed by atoms with Gasteiger partial charge in [-0.05, 0) is 68.5 Å². The summed E-state index contributed by atoms with van der Waals surface area (Å²) < 4.78 is 0. The van der Waals surface area contributed by atoms with Gasteiger partial charge in [0.05, 0.1) is 0 Å². The average molecular weight is 1100 g/mol. The summed E-state index contributed by atoms with van der Waals surface area (Å²) in [6.45, 7) is 23.0. The summed E-state index contributed by atoms with van der Waals surface area (Å²) in [7, 11) is 0. The molecule has 0 radical (unpaired) electrons. The maximum absolute atomic E-state index is 6.25. The van der Waals surface area contributed by atoms with Crippen molar-refractivity contribution >= 4 is 45.5 Å². The fourth-order valence-corrected chi connectivity index (χ4v) is 9.73. The van der Waals surface area contributed by atoms with Gasteiger partial charge in [0.15, 0.2) is 0 Å². The van der Waals surface area contributed by atoms with Gasteiger partial charge in [0.2, 0.25) is 0 Å². The van der Waals surface area contributed by atoms with Gasteiger partial charge in [-0.2, -0.15) is 6.07 Å². The van der Waals surface area contributed by atoms with Crippen molar-refractivity contribution in [2.75, 3.05) is 19.6 Å². The predicted octanol–water partition coefficient (Wildman–Crippen LogP) is 17.7. The van der Waals surface area contributed by atoms with Crippen LogP contribution in [-0.4, -0.2) is 0 Å². The molecule has 2 heterocycles. The molecule has 0 bridgehead atoms. The molecule has 9 aromatic carbocycles. The van der Waals surface area contributed by atoms with Crippen LogP contribution in [0.3, 0.4) is 0 Å². The molecule has 2 aliphatic heterocycles. The van der Waals surface area contributed by atoms with E-state index in [1.165, 1.54) is 33.4 Å². The number of rotatable bonds is 8. The molecule has 11 rings (SSSR count). The molecule has 0 amide bonds. The molecule has 0 fully saturated rings. The Hall–Kier alpha value is -7.64. The molecular weight excluding hydrogens is 1050 g/mol. The van der Waals surface area contributed by atoms with Crippen LogP contribution in [-0.2, 0) is 31.9 Å². The zero-order valence-corrected chi connectivity index (χ0v) is 43.2. The van der Waals surface area contributed by atoms with Crippen molar-refractivity contribution < 1.29 is 21.1 Å². The van der Waals surface area contributed by atoms with Gasteiger partial charge in [-0.1, -0.05) is 211 Å². The molecule has 0 aliphatic carbocycles. The summed E-state index contributed by atoms with van der Waals surface area (Å²) >= 11 is 0. The molecule has 0 unspecified atom stereocenters. The molecule has 0 N–H and O–H groups in total. The fraction of sp³-hybridized carbons (Fsp3) is 0.123. The minimum absolute atomic E-state index is 0. The first kappa shape index (κ1) is 48.4. The Balaban J connectivity index is 0.00000206. The summed E-state index contributed by atoms with van der Waals surface area (Å²) in [4.78, 5) is 9.46. The summed E-state index contributed by atoms with van der Waals surface area (Å²) in [5, 5.41) is 6.25. The second-order valence-electron chi connectivity index (χ2n) is 19.9. The first-order valence-corrected chi connectivity index (χ1v) is 23.9. The first-order chi connectivity index (χ1) is 34.0. The van der Waals surface area contributed by atoms with Crippen LogP contribution in [0.2, 0.25) is 0 Å². The number of hydrogen-bond donors (Lipinski definition) is 0. The molecular formula is C65H55N5Pt. The van der Waals surface area contributed by atoms with Crippen LogP contribution >= 0.6 is 0 Å². The standard InChI is InChI=1S/C64H55N4.CN.Pt/c1-63(2,3)49-36-38-57-59(40-49)65(43-67(57)61-53(45-22-11-7-12-23-45)32-20-33-54(61)46-24-13-8-14-25-46)51-30-19-31-52(42-51)66-44-68(58-39-37-50(41-60(58)66)64(4,5)6)62-55(47-26-15-9-16-27-47)34-21-35-56(62)48-28-17-10-18-29-48;1-2;/h7-41,43-44H,1-6H3;;/q-3;-1;+4. The van der Waals surface area contributed by atoms with Crippen molar-refractivity contribution in [1.29, 1.82) is 5.26 Å². The smallest absolute Gasteiger partial charge is 0.512 e. The summed E-state index contributed by atoms with van der Waals surface area (Å²) in [5.74, 6) is 0.